The van der Waals surface area contributed by atoms with Gasteiger partial charge in [-0.1, -0.05) is 42.0 Å². The molecule has 128 valence electrons. The molecule has 0 fully saturated rings. The number of nitrogens with zero attached hydrogens (tertiary/aromatic N) is 2. The van der Waals surface area contributed by atoms with Crippen molar-refractivity contribution >= 4 is 11.6 Å². The first-order chi connectivity index (χ1) is 11.9. The Morgan fingerprint density at radius 1 is 1.00 bits per heavy atom. The highest BCUT2D eigenvalue weighted by Crippen LogP contribution is 2.18. The van der Waals surface area contributed by atoms with Gasteiger partial charge in [-0.3, -0.25) is 9.48 Å². The average Bonchev–Trinajstić information content (AvgIpc) is 2.83. The van der Waals surface area contributed by atoms with Gasteiger partial charge < -0.3 is 5.32 Å². The third-order valence-corrected chi connectivity index (χ3v) is 4.34. The van der Waals surface area contributed by atoms with E-state index in [0.29, 0.717) is 12.1 Å². The first-order valence-electron chi connectivity index (χ1n) is 8.41. The van der Waals surface area contributed by atoms with Crippen molar-refractivity contribution in [3.05, 3.63) is 82.2 Å². The molecule has 0 radical (unpaired) electrons. The van der Waals surface area contributed by atoms with Gasteiger partial charge >= 0.3 is 0 Å². The molecule has 3 rings (SSSR count). The normalized spacial score (nSPS) is 10.7. The van der Waals surface area contributed by atoms with E-state index in [9.17, 15) is 4.79 Å². The maximum Gasteiger partial charge on any atom is 0.259 e. The van der Waals surface area contributed by atoms with Gasteiger partial charge in [0.25, 0.3) is 5.91 Å². The van der Waals surface area contributed by atoms with Crippen LogP contribution in [0.5, 0.6) is 0 Å². The van der Waals surface area contributed by atoms with Crippen molar-refractivity contribution in [3.63, 3.8) is 0 Å². The summed E-state index contributed by atoms with van der Waals surface area (Å²) in [6, 6.07) is 16.2. The molecule has 0 bridgehead atoms. The second-order valence-corrected chi connectivity index (χ2v) is 6.51. The Bertz CT molecular complexity index is 907. The number of benzene rings is 2. The number of carbonyl (C=O) groups is 1. The number of hydrogen-bond donors (Lipinski definition) is 1. The first kappa shape index (κ1) is 17.0. The third-order valence-electron chi connectivity index (χ3n) is 4.34. The topological polar surface area (TPSA) is 46.9 Å². The Hall–Kier alpha value is -2.88. The van der Waals surface area contributed by atoms with Gasteiger partial charge in [0.2, 0.25) is 0 Å². The Balaban J connectivity index is 1.83. The lowest BCUT2D eigenvalue weighted by atomic mass is 10.1. The minimum absolute atomic E-state index is 0.115. The van der Waals surface area contributed by atoms with E-state index in [4.69, 9.17) is 0 Å². The lowest BCUT2D eigenvalue weighted by Crippen LogP contribution is -2.14. The van der Waals surface area contributed by atoms with E-state index in [1.165, 1.54) is 11.1 Å². The van der Waals surface area contributed by atoms with Crippen molar-refractivity contribution in [1.82, 2.24) is 9.78 Å². The van der Waals surface area contributed by atoms with Crippen LogP contribution in [0.1, 0.15) is 38.4 Å². The van der Waals surface area contributed by atoms with E-state index in [2.05, 4.69) is 41.6 Å². The average molecular weight is 333 g/mol. The molecule has 0 aliphatic heterocycles. The number of hydrogen-bond acceptors (Lipinski definition) is 2. The van der Waals surface area contributed by atoms with Crippen LogP contribution in [0.25, 0.3) is 0 Å². The molecule has 0 atom stereocenters. The van der Waals surface area contributed by atoms with Crippen LogP contribution in [0.3, 0.4) is 0 Å². The van der Waals surface area contributed by atoms with Gasteiger partial charge in [0.1, 0.15) is 0 Å². The number of aryl methyl sites for hydroxylation is 3. The molecule has 4 nitrogen and oxygen atoms in total. The largest absolute Gasteiger partial charge is 0.322 e. The molecule has 3 aromatic rings. The van der Waals surface area contributed by atoms with Crippen molar-refractivity contribution in [3.8, 4) is 0 Å². The van der Waals surface area contributed by atoms with E-state index >= 15 is 0 Å². The van der Waals surface area contributed by atoms with E-state index in [1.54, 1.807) is 0 Å². The lowest BCUT2D eigenvalue weighted by Gasteiger charge is -2.08. The standard InChI is InChI=1S/C21H23N3O/c1-14-8-10-18(11-9-14)13-24-17(4)20(16(3)23-24)21(25)22-19-7-5-6-15(2)12-19/h5-12H,13H2,1-4H3,(H,22,25). The second-order valence-electron chi connectivity index (χ2n) is 6.51. The molecule has 1 aromatic heterocycles. The van der Waals surface area contributed by atoms with Gasteiger partial charge in [0.05, 0.1) is 17.8 Å². The van der Waals surface area contributed by atoms with E-state index < -0.39 is 0 Å². The Morgan fingerprint density at radius 3 is 2.40 bits per heavy atom. The second kappa shape index (κ2) is 6.93. The van der Waals surface area contributed by atoms with Crippen LogP contribution < -0.4 is 5.32 Å². The molecule has 0 unspecified atom stereocenters. The minimum Gasteiger partial charge on any atom is -0.322 e. The summed E-state index contributed by atoms with van der Waals surface area (Å²) in [5.74, 6) is -0.115. The predicted molar refractivity (Wildman–Crippen MR) is 101 cm³/mol. The summed E-state index contributed by atoms with van der Waals surface area (Å²) in [6.07, 6.45) is 0. The van der Waals surface area contributed by atoms with Gasteiger partial charge in [0.15, 0.2) is 0 Å². The molecule has 25 heavy (non-hydrogen) atoms. The maximum atomic E-state index is 12.7. The van der Waals surface area contributed by atoms with E-state index in [0.717, 1.165) is 22.6 Å². The smallest absolute Gasteiger partial charge is 0.259 e. The molecule has 1 N–H and O–H groups in total. The molecular formula is C21H23N3O. The number of aromatic nitrogens is 2. The lowest BCUT2D eigenvalue weighted by molar-refractivity contribution is 0.102. The summed E-state index contributed by atoms with van der Waals surface area (Å²) < 4.78 is 1.89. The number of amides is 1. The number of carbonyl (C=O) groups excluding carboxylic acids is 1. The molecule has 0 spiro atoms. The van der Waals surface area contributed by atoms with Gasteiger partial charge in [-0.25, -0.2) is 0 Å². The number of rotatable bonds is 4. The fourth-order valence-electron chi connectivity index (χ4n) is 2.96. The van der Waals surface area contributed by atoms with Crippen LogP contribution in [0.2, 0.25) is 0 Å². The zero-order chi connectivity index (χ0) is 18.0. The quantitative estimate of drug-likeness (QED) is 0.768. The molecular weight excluding hydrogens is 310 g/mol. The number of nitrogens with one attached hydrogen (secondary N) is 1. The molecule has 0 aliphatic rings. The molecule has 2 aromatic carbocycles. The fourth-order valence-corrected chi connectivity index (χ4v) is 2.96. The van der Waals surface area contributed by atoms with Crippen molar-refractivity contribution in [2.24, 2.45) is 0 Å². The highest BCUT2D eigenvalue weighted by atomic mass is 16.1. The van der Waals surface area contributed by atoms with Crippen molar-refractivity contribution in [2.75, 3.05) is 5.32 Å². The predicted octanol–water partition coefficient (Wildman–Crippen LogP) is 4.42. The Morgan fingerprint density at radius 2 is 1.72 bits per heavy atom. The monoisotopic (exact) mass is 333 g/mol. The highest BCUT2D eigenvalue weighted by molar-refractivity contribution is 6.05. The maximum absolute atomic E-state index is 12.7. The van der Waals surface area contributed by atoms with Gasteiger partial charge in [-0.05, 0) is 51.0 Å². The Labute approximate surface area is 148 Å². The van der Waals surface area contributed by atoms with Crippen molar-refractivity contribution in [1.29, 1.82) is 0 Å². The molecule has 1 heterocycles. The zero-order valence-electron chi connectivity index (χ0n) is 15.1. The summed E-state index contributed by atoms with van der Waals surface area (Å²) >= 11 is 0. The first-order valence-corrected chi connectivity index (χ1v) is 8.41. The summed E-state index contributed by atoms with van der Waals surface area (Å²) in [5, 5.41) is 7.54. The van der Waals surface area contributed by atoms with Crippen LogP contribution in [0.15, 0.2) is 48.5 Å². The fraction of sp³-hybridized carbons (Fsp3) is 0.238. The van der Waals surface area contributed by atoms with Crippen LogP contribution in [-0.4, -0.2) is 15.7 Å². The summed E-state index contributed by atoms with van der Waals surface area (Å²) in [7, 11) is 0. The number of anilines is 1. The zero-order valence-corrected chi connectivity index (χ0v) is 15.1. The Kier molecular flexibility index (Phi) is 4.70. The van der Waals surface area contributed by atoms with Crippen LogP contribution >= 0.6 is 0 Å². The molecule has 1 amide bonds. The molecule has 0 saturated carbocycles. The van der Waals surface area contributed by atoms with E-state index in [-0.39, 0.29) is 5.91 Å². The van der Waals surface area contributed by atoms with Gasteiger partial charge in [-0.15, -0.1) is 0 Å². The van der Waals surface area contributed by atoms with E-state index in [1.807, 2.05) is 49.7 Å². The molecule has 4 heteroatoms. The van der Waals surface area contributed by atoms with Gasteiger partial charge in [-0.2, -0.15) is 5.10 Å². The van der Waals surface area contributed by atoms with Crippen molar-refractivity contribution < 1.29 is 4.79 Å². The van der Waals surface area contributed by atoms with Crippen LogP contribution in [0.4, 0.5) is 5.69 Å². The minimum atomic E-state index is -0.115. The van der Waals surface area contributed by atoms with Crippen LogP contribution in [-0.2, 0) is 6.54 Å². The third kappa shape index (κ3) is 3.79. The van der Waals surface area contributed by atoms with Crippen LogP contribution in [0, 0.1) is 27.7 Å². The molecule has 0 aliphatic carbocycles. The summed E-state index contributed by atoms with van der Waals surface area (Å²) in [5.41, 5.74) is 6.58. The SMILES string of the molecule is Cc1ccc(Cn2nc(C)c(C(=O)Nc3cccc(C)c3)c2C)cc1. The van der Waals surface area contributed by atoms with Gasteiger partial charge in [0, 0.05) is 11.4 Å². The summed E-state index contributed by atoms with van der Waals surface area (Å²) in [6.45, 7) is 8.56. The highest BCUT2D eigenvalue weighted by Gasteiger charge is 2.19. The summed E-state index contributed by atoms with van der Waals surface area (Å²) in [4.78, 5) is 12.7. The molecule has 0 saturated heterocycles. The van der Waals surface area contributed by atoms with Crippen molar-refractivity contribution in [2.45, 2.75) is 34.2 Å².